The highest BCUT2D eigenvalue weighted by Crippen LogP contribution is 2.37. The highest BCUT2D eigenvalue weighted by Gasteiger charge is 2.50. The maximum absolute atomic E-state index is 13.2. The van der Waals surface area contributed by atoms with Crippen molar-refractivity contribution in [1.82, 2.24) is 16.2 Å². The zero-order valence-corrected chi connectivity index (χ0v) is 17.7. The second kappa shape index (κ2) is 9.04. The molecule has 0 spiro atoms. The fraction of sp³-hybridized carbons (Fsp3) is 0.292. The first-order chi connectivity index (χ1) is 14.7. The molecule has 1 aliphatic carbocycles. The molecule has 0 aliphatic heterocycles. The Morgan fingerprint density at radius 3 is 2.26 bits per heavy atom. The van der Waals surface area contributed by atoms with Crippen molar-refractivity contribution >= 4 is 17.7 Å². The third-order valence-corrected chi connectivity index (χ3v) is 5.46. The van der Waals surface area contributed by atoms with Crippen LogP contribution < -0.4 is 16.2 Å². The zero-order valence-electron chi connectivity index (χ0n) is 17.7. The van der Waals surface area contributed by atoms with E-state index in [1.54, 1.807) is 25.1 Å². The van der Waals surface area contributed by atoms with E-state index in [1.807, 2.05) is 37.3 Å². The number of amides is 3. The van der Waals surface area contributed by atoms with Crippen molar-refractivity contribution in [3.05, 3.63) is 83.1 Å². The molecule has 2 aromatic rings. The van der Waals surface area contributed by atoms with Gasteiger partial charge < -0.3 is 10.4 Å². The van der Waals surface area contributed by atoms with Gasteiger partial charge in [0.1, 0.15) is 5.41 Å². The molecule has 7 heteroatoms. The summed E-state index contributed by atoms with van der Waals surface area (Å²) in [4.78, 5) is 38.9. The first-order valence-corrected chi connectivity index (χ1v) is 10.1. The quantitative estimate of drug-likeness (QED) is 0.327. The number of carbonyl (C=O) groups is 3. The van der Waals surface area contributed by atoms with Crippen molar-refractivity contribution in [1.29, 1.82) is 0 Å². The number of hydrazine groups is 1. The molecule has 7 nitrogen and oxygen atoms in total. The predicted octanol–water partition coefficient (Wildman–Crippen LogP) is 2.51. The van der Waals surface area contributed by atoms with Gasteiger partial charge in [-0.15, -0.1) is 0 Å². The lowest BCUT2D eigenvalue weighted by molar-refractivity contribution is -0.144. The van der Waals surface area contributed by atoms with E-state index < -0.39 is 29.2 Å². The number of hydrogen-bond acceptors (Lipinski definition) is 4. The van der Waals surface area contributed by atoms with Crippen LogP contribution in [0.2, 0.25) is 0 Å². The normalized spacial score (nSPS) is 14.8. The molecule has 0 saturated heterocycles. The Kier molecular flexibility index (Phi) is 6.44. The molecule has 0 fully saturated rings. The summed E-state index contributed by atoms with van der Waals surface area (Å²) < 4.78 is 0. The van der Waals surface area contributed by atoms with Crippen LogP contribution >= 0.6 is 0 Å². The molecular formula is C24H27N3O4. The maximum Gasteiger partial charge on any atom is 0.269 e. The van der Waals surface area contributed by atoms with Gasteiger partial charge >= 0.3 is 0 Å². The van der Waals surface area contributed by atoms with E-state index in [0.29, 0.717) is 5.56 Å². The molecule has 0 heterocycles. The standard InChI is InChI=1S/C24H27N3O4/c1-15-7-6-10-18(11-15)21(29)26-27-23(31)24(22(30)25-16(2)12-17(3)28)13-19-8-4-5-9-20(19)14-24/h4-11,16,28H,3,12-14H2,1-2H3,(H,25,30)(H,26,29)(H,27,31)/t16-/m1/s1. The van der Waals surface area contributed by atoms with Crippen molar-refractivity contribution in [2.75, 3.05) is 0 Å². The van der Waals surface area contributed by atoms with Crippen molar-refractivity contribution in [2.45, 2.75) is 39.2 Å². The third-order valence-electron chi connectivity index (χ3n) is 5.46. The number of nitrogens with one attached hydrogen (secondary N) is 3. The Morgan fingerprint density at radius 2 is 1.68 bits per heavy atom. The van der Waals surface area contributed by atoms with Gasteiger partial charge in [0.25, 0.3) is 11.8 Å². The van der Waals surface area contributed by atoms with Crippen LogP contribution in [0.5, 0.6) is 0 Å². The van der Waals surface area contributed by atoms with Gasteiger partial charge in [0.15, 0.2) is 0 Å². The minimum absolute atomic E-state index is 0.0496. The number of fused-ring (bicyclic) bond motifs is 1. The Balaban J connectivity index is 1.78. The largest absolute Gasteiger partial charge is 0.513 e. The first kappa shape index (κ1) is 22.1. The van der Waals surface area contributed by atoms with Gasteiger partial charge in [0.2, 0.25) is 5.91 Å². The summed E-state index contributed by atoms with van der Waals surface area (Å²) in [5.41, 5.74) is 6.61. The molecule has 162 valence electrons. The van der Waals surface area contributed by atoms with Crippen LogP contribution in [-0.4, -0.2) is 28.9 Å². The molecule has 2 aromatic carbocycles. The third kappa shape index (κ3) is 4.94. The number of carbonyl (C=O) groups excluding carboxylic acids is 3. The van der Waals surface area contributed by atoms with Crippen LogP contribution in [0.4, 0.5) is 0 Å². The van der Waals surface area contributed by atoms with Crippen LogP contribution in [0.15, 0.2) is 60.9 Å². The van der Waals surface area contributed by atoms with E-state index in [2.05, 4.69) is 22.7 Å². The second-order valence-electron chi connectivity index (χ2n) is 8.13. The van der Waals surface area contributed by atoms with E-state index in [-0.39, 0.29) is 25.0 Å². The van der Waals surface area contributed by atoms with Gasteiger partial charge in [-0.3, -0.25) is 25.2 Å². The number of benzene rings is 2. The Labute approximate surface area is 181 Å². The Bertz CT molecular complexity index is 1010. The van der Waals surface area contributed by atoms with Gasteiger partial charge in [-0.1, -0.05) is 48.5 Å². The van der Waals surface area contributed by atoms with E-state index in [1.165, 1.54) is 0 Å². The summed E-state index contributed by atoms with van der Waals surface area (Å²) in [5.74, 6) is -1.56. The monoisotopic (exact) mass is 421 g/mol. The molecule has 0 aromatic heterocycles. The average Bonchev–Trinajstić information content (AvgIpc) is 3.12. The van der Waals surface area contributed by atoms with Gasteiger partial charge in [-0.25, -0.2) is 0 Å². The summed E-state index contributed by atoms with van der Waals surface area (Å²) in [6.07, 6.45) is 0.613. The first-order valence-electron chi connectivity index (χ1n) is 10.1. The summed E-state index contributed by atoms with van der Waals surface area (Å²) in [7, 11) is 0. The number of rotatable bonds is 6. The number of aliphatic hydroxyl groups is 1. The minimum Gasteiger partial charge on any atom is -0.513 e. The van der Waals surface area contributed by atoms with Gasteiger partial charge in [-0.2, -0.15) is 0 Å². The average molecular weight is 421 g/mol. The summed E-state index contributed by atoms with van der Waals surface area (Å²) in [6, 6.07) is 14.1. The highest BCUT2D eigenvalue weighted by molar-refractivity contribution is 6.07. The number of aryl methyl sites for hydroxylation is 1. The van der Waals surface area contributed by atoms with Crippen molar-refractivity contribution in [2.24, 2.45) is 5.41 Å². The smallest absolute Gasteiger partial charge is 0.269 e. The molecule has 0 saturated carbocycles. The SMILES string of the molecule is C=C(O)C[C@@H](C)NC(=O)C1(C(=O)NNC(=O)c2cccc(C)c2)Cc2ccccc2C1. The van der Waals surface area contributed by atoms with Gasteiger partial charge in [-0.05, 0) is 49.9 Å². The fourth-order valence-corrected chi connectivity index (χ4v) is 3.90. The molecule has 3 rings (SSSR count). The molecule has 31 heavy (non-hydrogen) atoms. The predicted molar refractivity (Wildman–Crippen MR) is 117 cm³/mol. The molecule has 3 amide bonds. The Hall–Kier alpha value is -3.61. The van der Waals surface area contributed by atoms with Crippen molar-refractivity contribution in [3.63, 3.8) is 0 Å². The highest BCUT2D eigenvalue weighted by atomic mass is 16.3. The molecule has 0 radical (unpaired) electrons. The lowest BCUT2D eigenvalue weighted by atomic mass is 9.82. The fourth-order valence-electron chi connectivity index (χ4n) is 3.90. The van der Waals surface area contributed by atoms with E-state index in [9.17, 15) is 19.5 Å². The molecule has 1 aliphatic rings. The number of aliphatic hydroxyl groups excluding tert-OH is 1. The summed E-state index contributed by atoms with van der Waals surface area (Å²) in [6.45, 7) is 7.04. The minimum atomic E-state index is -1.41. The molecule has 0 unspecified atom stereocenters. The topological polar surface area (TPSA) is 108 Å². The molecular weight excluding hydrogens is 394 g/mol. The number of hydrogen-bond donors (Lipinski definition) is 4. The lowest BCUT2D eigenvalue weighted by Gasteiger charge is -2.28. The summed E-state index contributed by atoms with van der Waals surface area (Å²) >= 11 is 0. The summed E-state index contributed by atoms with van der Waals surface area (Å²) in [5, 5.41) is 12.2. The van der Waals surface area contributed by atoms with Crippen LogP contribution in [0.3, 0.4) is 0 Å². The van der Waals surface area contributed by atoms with Crippen molar-refractivity contribution < 1.29 is 19.5 Å². The van der Waals surface area contributed by atoms with Crippen LogP contribution in [0, 0.1) is 12.3 Å². The lowest BCUT2D eigenvalue weighted by Crippen LogP contribution is -2.57. The molecule has 1 atom stereocenters. The zero-order chi connectivity index (χ0) is 22.6. The maximum atomic E-state index is 13.2. The van der Waals surface area contributed by atoms with Gasteiger partial charge in [0, 0.05) is 18.0 Å². The second-order valence-corrected chi connectivity index (χ2v) is 8.13. The van der Waals surface area contributed by atoms with Crippen molar-refractivity contribution in [3.8, 4) is 0 Å². The van der Waals surface area contributed by atoms with Gasteiger partial charge in [0.05, 0.1) is 5.76 Å². The molecule has 0 bridgehead atoms. The van der Waals surface area contributed by atoms with E-state index >= 15 is 0 Å². The molecule has 4 N–H and O–H groups in total. The Morgan fingerprint density at radius 1 is 1.03 bits per heavy atom. The van der Waals surface area contributed by atoms with E-state index in [4.69, 9.17) is 0 Å². The van der Waals surface area contributed by atoms with E-state index in [0.717, 1.165) is 16.7 Å². The van der Waals surface area contributed by atoms with Crippen LogP contribution in [0.1, 0.15) is 40.4 Å². The van der Waals surface area contributed by atoms with Crippen LogP contribution in [0.25, 0.3) is 0 Å². The van der Waals surface area contributed by atoms with Crippen LogP contribution in [-0.2, 0) is 22.4 Å².